The molecule has 0 fully saturated rings. The lowest BCUT2D eigenvalue weighted by Crippen LogP contribution is -2.04. The molecule has 0 saturated heterocycles. The number of anilines is 4. The maximum atomic E-state index is 5.86. The van der Waals surface area contributed by atoms with Crippen molar-refractivity contribution < 1.29 is 4.74 Å². The smallest absolute Gasteiger partial charge is 0.231 e. The summed E-state index contributed by atoms with van der Waals surface area (Å²) in [7, 11) is 0. The van der Waals surface area contributed by atoms with E-state index >= 15 is 0 Å². The number of benzene rings is 3. The van der Waals surface area contributed by atoms with Gasteiger partial charge in [0.05, 0.1) is 0 Å². The summed E-state index contributed by atoms with van der Waals surface area (Å²) >= 11 is 0. The topological polar surface area (TPSA) is 84.9 Å². The van der Waals surface area contributed by atoms with Crippen molar-refractivity contribution in [1.29, 1.82) is 0 Å². The van der Waals surface area contributed by atoms with Crippen LogP contribution in [0.2, 0.25) is 0 Å². The van der Waals surface area contributed by atoms with Crippen LogP contribution >= 0.6 is 0 Å². The second-order valence-corrected chi connectivity index (χ2v) is 7.63. The first-order valence-corrected chi connectivity index (χ1v) is 10.6. The normalized spacial score (nSPS) is 10.7. The van der Waals surface area contributed by atoms with Crippen molar-refractivity contribution in [2.75, 3.05) is 10.6 Å². The molecular weight excluding hydrogens is 412 g/mol. The molecule has 0 aliphatic rings. The van der Waals surface area contributed by atoms with Crippen molar-refractivity contribution in [3.05, 3.63) is 96.3 Å². The molecule has 0 spiro atoms. The number of hydrogen-bond acceptors (Lipinski definition) is 7. The maximum absolute atomic E-state index is 5.86. The van der Waals surface area contributed by atoms with Crippen LogP contribution in [0.5, 0.6) is 11.5 Å². The van der Waals surface area contributed by atoms with E-state index in [1.165, 1.54) is 5.56 Å². The first kappa shape index (κ1) is 20.4. The number of aromatic nitrogens is 4. The van der Waals surface area contributed by atoms with Gasteiger partial charge in [-0.25, -0.2) is 9.97 Å². The summed E-state index contributed by atoms with van der Waals surface area (Å²) in [5.41, 5.74) is 5.22. The molecule has 33 heavy (non-hydrogen) atoms. The zero-order valence-electron chi connectivity index (χ0n) is 18.3. The van der Waals surface area contributed by atoms with E-state index in [1.54, 1.807) is 12.4 Å². The van der Waals surface area contributed by atoms with Crippen molar-refractivity contribution in [1.82, 2.24) is 19.9 Å². The molecule has 0 saturated carbocycles. The Morgan fingerprint density at radius 1 is 0.727 bits per heavy atom. The molecule has 5 rings (SSSR count). The summed E-state index contributed by atoms with van der Waals surface area (Å²) < 4.78 is 5.86. The van der Waals surface area contributed by atoms with Gasteiger partial charge < -0.3 is 15.4 Å². The predicted octanol–water partition coefficient (Wildman–Crippen LogP) is 6.32. The van der Waals surface area contributed by atoms with Gasteiger partial charge in [-0.3, -0.25) is 0 Å². The average Bonchev–Trinajstić information content (AvgIpc) is 2.83. The number of nitrogens with zero attached hydrogens (tertiary/aromatic N) is 4. The Balaban J connectivity index is 1.41. The SMILES string of the molecule is Cc1ccc(Nc2nc(Nc3ccc(Oc4ccccc4)cc3)nc3nccnc23)c(C)c1. The summed E-state index contributed by atoms with van der Waals surface area (Å²) in [6.07, 6.45) is 3.26. The molecule has 2 aromatic heterocycles. The lowest BCUT2D eigenvalue weighted by molar-refractivity contribution is 0.483. The Bertz CT molecular complexity index is 1400. The lowest BCUT2D eigenvalue weighted by atomic mass is 10.1. The summed E-state index contributed by atoms with van der Waals surface area (Å²) in [4.78, 5) is 18.0. The lowest BCUT2D eigenvalue weighted by Gasteiger charge is -2.13. The largest absolute Gasteiger partial charge is 0.457 e. The number of hydrogen-bond donors (Lipinski definition) is 2. The van der Waals surface area contributed by atoms with E-state index < -0.39 is 0 Å². The molecule has 7 nitrogen and oxygen atoms in total. The quantitative estimate of drug-likeness (QED) is 0.324. The Kier molecular flexibility index (Phi) is 5.51. The number of nitrogens with one attached hydrogen (secondary N) is 2. The second-order valence-electron chi connectivity index (χ2n) is 7.63. The average molecular weight is 435 g/mol. The minimum Gasteiger partial charge on any atom is -0.457 e. The summed E-state index contributed by atoms with van der Waals surface area (Å²) in [5, 5.41) is 6.64. The Hall–Kier alpha value is -4.52. The van der Waals surface area contributed by atoms with Crippen LogP contribution < -0.4 is 15.4 Å². The molecule has 0 bridgehead atoms. The third-order valence-electron chi connectivity index (χ3n) is 5.06. The number of ether oxygens (including phenoxy) is 1. The fourth-order valence-corrected chi connectivity index (χ4v) is 3.45. The highest BCUT2D eigenvalue weighted by atomic mass is 16.5. The highest BCUT2D eigenvalue weighted by Crippen LogP contribution is 2.27. The van der Waals surface area contributed by atoms with E-state index in [2.05, 4.69) is 56.5 Å². The number of aryl methyl sites for hydroxylation is 2. The maximum Gasteiger partial charge on any atom is 0.231 e. The van der Waals surface area contributed by atoms with Gasteiger partial charge in [-0.05, 0) is 61.9 Å². The monoisotopic (exact) mass is 434 g/mol. The summed E-state index contributed by atoms with van der Waals surface area (Å²) in [6, 6.07) is 23.5. The van der Waals surface area contributed by atoms with Gasteiger partial charge in [0.1, 0.15) is 11.5 Å². The first-order chi connectivity index (χ1) is 16.1. The molecular formula is C26H22N6O. The van der Waals surface area contributed by atoms with Crippen LogP contribution in [0.15, 0.2) is 85.2 Å². The Morgan fingerprint density at radius 2 is 1.48 bits per heavy atom. The van der Waals surface area contributed by atoms with Crippen molar-refractivity contribution in [3.8, 4) is 11.5 Å². The zero-order valence-corrected chi connectivity index (χ0v) is 18.3. The van der Waals surface area contributed by atoms with Crippen molar-refractivity contribution in [3.63, 3.8) is 0 Å². The summed E-state index contributed by atoms with van der Waals surface area (Å²) in [6.45, 7) is 4.13. The van der Waals surface area contributed by atoms with Crippen molar-refractivity contribution >= 4 is 34.3 Å². The highest BCUT2D eigenvalue weighted by Gasteiger charge is 2.12. The molecule has 0 unspecified atom stereocenters. The van der Waals surface area contributed by atoms with E-state index in [0.29, 0.717) is 22.9 Å². The van der Waals surface area contributed by atoms with E-state index in [0.717, 1.165) is 28.4 Å². The van der Waals surface area contributed by atoms with Gasteiger partial charge in [0.15, 0.2) is 17.0 Å². The Labute approximate surface area is 191 Å². The number of fused-ring (bicyclic) bond motifs is 1. The number of para-hydroxylation sites is 1. The van der Waals surface area contributed by atoms with Crippen LogP contribution in [-0.4, -0.2) is 19.9 Å². The van der Waals surface area contributed by atoms with Gasteiger partial charge in [-0.1, -0.05) is 35.9 Å². The van der Waals surface area contributed by atoms with E-state index in [1.807, 2.05) is 60.7 Å². The van der Waals surface area contributed by atoms with E-state index in [4.69, 9.17) is 4.74 Å². The second kappa shape index (κ2) is 8.92. The van der Waals surface area contributed by atoms with Crippen LogP contribution in [0.1, 0.15) is 11.1 Å². The fraction of sp³-hybridized carbons (Fsp3) is 0.0769. The first-order valence-electron chi connectivity index (χ1n) is 10.6. The summed E-state index contributed by atoms with van der Waals surface area (Å²) in [5.74, 6) is 2.55. The molecule has 0 amide bonds. The molecule has 0 atom stereocenters. The van der Waals surface area contributed by atoms with Gasteiger partial charge in [-0.15, -0.1) is 0 Å². The molecule has 0 aliphatic heterocycles. The molecule has 162 valence electrons. The highest BCUT2D eigenvalue weighted by molar-refractivity contribution is 5.86. The third kappa shape index (κ3) is 4.72. The van der Waals surface area contributed by atoms with Gasteiger partial charge in [0.2, 0.25) is 5.95 Å². The van der Waals surface area contributed by atoms with Gasteiger partial charge in [0, 0.05) is 23.8 Å². The number of rotatable bonds is 6. The third-order valence-corrected chi connectivity index (χ3v) is 5.06. The van der Waals surface area contributed by atoms with Gasteiger partial charge >= 0.3 is 0 Å². The Morgan fingerprint density at radius 3 is 2.27 bits per heavy atom. The standard InChI is InChI=1S/C26H22N6O/c1-17-8-13-22(18(2)16-17)30-25-23-24(28-15-14-27-23)31-26(32-25)29-19-9-11-21(12-10-19)33-20-6-4-3-5-7-20/h3-16H,1-2H3,(H2,28,29,30,31,32). The van der Waals surface area contributed by atoms with Crippen LogP contribution in [-0.2, 0) is 0 Å². The zero-order chi connectivity index (χ0) is 22.6. The van der Waals surface area contributed by atoms with Gasteiger partial charge in [-0.2, -0.15) is 9.97 Å². The minimum atomic E-state index is 0.423. The van der Waals surface area contributed by atoms with Crippen molar-refractivity contribution in [2.24, 2.45) is 0 Å². The minimum absolute atomic E-state index is 0.423. The molecule has 3 aromatic carbocycles. The van der Waals surface area contributed by atoms with Crippen LogP contribution in [0.3, 0.4) is 0 Å². The molecule has 0 aliphatic carbocycles. The van der Waals surface area contributed by atoms with Gasteiger partial charge in [0.25, 0.3) is 0 Å². The van der Waals surface area contributed by atoms with E-state index in [-0.39, 0.29) is 0 Å². The molecule has 7 heteroatoms. The van der Waals surface area contributed by atoms with Crippen molar-refractivity contribution in [2.45, 2.75) is 13.8 Å². The molecule has 5 aromatic rings. The fourth-order valence-electron chi connectivity index (χ4n) is 3.45. The van der Waals surface area contributed by atoms with Crippen LogP contribution in [0.4, 0.5) is 23.1 Å². The molecule has 2 N–H and O–H groups in total. The molecule has 2 heterocycles. The van der Waals surface area contributed by atoms with Crippen LogP contribution in [0.25, 0.3) is 11.2 Å². The molecule has 0 radical (unpaired) electrons. The van der Waals surface area contributed by atoms with E-state index in [9.17, 15) is 0 Å². The van der Waals surface area contributed by atoms with Crippen LogP contribution in [0, 0.1) is 13.8 Å². The predicted molar refractivity (Wildman–Crippen MR) is 131 cm³/mol.